The summed E-state index contributed by atoms with van der Waals surface area (Å²) in [6, 6.07) is 2.84. The molecule has 1 saturated heterocycles. The molecule has 5 nitrogen and oxygen atoms in total. The van der Waals surface area contributed by atoms with Crippen LogP contribution in [0.1, 0.15) is 75.3 Å². The van der Waals surface area contributed by atoms with Crippen LogP contribution in [-0.2, 0) is 9.53 Å². The molecule has 0 spiro atoms. The van der Waals surface area contributed by atoms with Crippen molar-refractivity contribution in [3.8, 4) is 0 Å². The fourth-order valence-corrected chi connectivity index (χ4v) is 3.12. The lowest BCUT2D eigenvalue weighted by molar-refractivity contribution is -0.148. The Morgan fingerprint density at radius 3 is 2.67 bits per heavy atom. The molecule has 0 aliphatic carbocycles. The lowest BCUT2D eigenvalue weighted by Crippen LogP contribution is -2.41. The van der Waals surface area contributed by atoms with Gasteiger partial charge in [-0.15, -0.1) is 0 Å². The van der Waals surface area contributed by atoms with Crippen molar-refractivity contribution in [2.24, 2.45) is 0 Å². The summed E-state index contributed by atoms with van der Waals surface area (Å²) < 4.78 is 10.5. The highest BCUT2D eigenvalue weighted by atomic mass is 16.5. The second kappa shape index (κ2) is 10.2. The van der Waals surface area contributed by atoms with E-state index < -0.39 is 6.04 Å². The van der Waals surface area contributed by atoms with E-state index in [4.69, 9.17) is 9.15 Å². The molecule has 2 rings (SSSR count). The molecule has 1 atom stereocenters. The second-order valence-corrected chi connectivity index (χ2v) is 6.42. The summed E-state index contributed by atoms with van der Waals surface area (Å²) in [5.74, 6) is -0.226. The maximum absolute atomic E-state index is 12.3. The van der Waals surface area contributed by atoms with Gasteiger partial charge in [0.15, 0.2) is 5.76 Å². The molecular formula is C19H29NO4. The van der Waals surface area contributed by atoms with Crippen LogP contribution in [0.5, 0.6) is 0 Å². The zero-order valence-electron chi connectivity index (χ0n) is 14.7. The Hall–Kier alpha value is -1.78. The number of hydrogen-bond acceptors (Lipinski definition) is 4. The lowest BCUT2D eigenvalue weighted by Gasteiger charge is -2.22. The molecule has 1 fully saturated rings. The Balaban J connectivity index is 1.67. The zero-order chi connectivity index (χ0) is 17.2. The summed E-state index contributed by atoms with van der Waals surface area (Å²) in [6.07, 6.45) is 11.3. The van der Waals surface area contributed by atoms with Gasteiger partial charge in [-0.2, -0.15) is 0 Å². The number of carbonyl (C=O) groups excluding carboxylic acids is 2. The van der Waals surface area contributed by atoms with Gasteiger partial charge >= 0.3 is 5.97 Å². The second-order valence-electron chi connectivity index (χ2n) is 6.42. The number of rotatable bonds is 10. The Labute approximate surface area is 144 Å². The number of carbonyl (C=O) groups is 2. The molecule has 0 aromatic carbocycles. The fraction of sp³-hybridized carbons (Fsp3) is 0.684. The summed E-state index contributed by atoms with van der Waals surface area (Å²) in [5, 5.41) is 0. The molecule has 1 aromatic heterocycles. The van der Waals surface area contributed by atoms with Crippen LogP contribution in [0.25, 0.3) is 0 Å². The minimum absolute atomic E-state index is 0.227. The molecule has 1 aliphatic heterocycles. The number of unbranched alkanes of at least 4 members (excludes halogenated alkanes) is 6. The summed E-state index contributed by atoms with van der Waals surface area (Å²) in [7, 11) is 0. The number of esters is 1. The van der Waals surface area contributed by atoms with Crippen LogP contribution in [0.2, 0.25) is 0 Å². The first kappa shape index (κ1) is 18.6. The average Bonchev–Trinajstić information content (AvgIpc) is 3.28. The third-order valence-corrected chi connectivity index (χ3v) is 4.51. The van der Waals surface area contributed by atoms with Crippen molar-refractivity contribution < 1.29 is 18.7 Å². The van der Waals surface area contributed by atoms with Crippen LogP contribution in [-0.4, -0.2) is 36.0 Å². The maximum Gasteiger partial charge on any atom is 0.328 e. The van der Waals surface area contributed by atoms with Gasteiger partial charge in [0.2, 0.25) is 0 Å². The SMILES string of the molecule is CCCCCCCCCOC(=O)C1CCCN1C(=O)c1ccco1. The summed E-state index contributed by atoms with van der Waals surface area (Å²) in [4.78, 5) is 26.2. The van der Waals surface area contributed by atoms with E-state index in [0.29, 0.717) is 19.6 Å². The number of ether oxygens (including phenoxy) is 1. The standard InChI is InChI=1S/C19H29NO4/c1-2-3-4-5-6-7-8-14-24-19(22)16-11-9-13-20(16)18(21)17-12-10-15-23-17/h10,12,15-16H,2-9,11,13-14H2,1H3. The number of nitrogens with zero attached hydrogens (tertiary/aromatic N) is 1. The summed E-state index contributed by atoms with van der Waals surface area (Å²) in [5.41, 5.74) is 0. The molecule has 1 amide bonds. The highest BCUT2D eigenvalue weighted by molar-refractivity contribution is 5.94. The maximum atomic E-state index is 12.3. The van der Waals surface area contributed by atoms with E-state index in [1.165, 1.54) is 38.4 Å². The van der Waals surface area contributed by atoms with Crippen LogP contribution in [0.3, 0.4) is 0 Å². The van der Waals surface area contributed by atoms with Gasteiger partial charge in [-0.25, -0.2) is 4.79 Å². The first-order chi connectivity index (χ1) is 11.7. The minimum atomic E-state index is -0.466. The molecule has 0 radical (unpaired) electrons. The topological polar surface area (TPSA) is 59.8 Å². The summed E-state index contributed by atoms with van der Waals surface area (Å²) >= 11 is 0. The van der Waals surface area contributed by atoms with E-state index in [1.54, 1.807) is 17.0 Å². The van der Waals surface area contributed by atoms with E-state index in [-0.39, 0.29) is 17.6 Å². The van der Waals surface area contributed by atoms with Crippen molar-refractivity contribution >= 4 is 11.9 Å². The van der Waals surface area contributed by atoms with Gasteiger partial charge in [0, 0.05) is 6.54 Å². The number of furan rings is 1. The smallest absolute Gasteiger partial charge is 0.328 e. The average molecular weight is 335 g/mol. The molecule has 134 valence electrons. The minimum Gasteiger partial charge on any atom is -0.464 e. The Bertz CT molecular complexity index is 497. The van der Waals surface area contributed by atoms with E-state index in [9.17, 15) is 9.59 Å². The molecule has 1 unspecified atom stereocenters. The van der Waals surface area contributed by atoms with Crippen LogP contribution in [0, 0.1) is 0 Å². The highest BCUT2D eigenvalue weighted by Gasteiger charge is 2.36. The summed E-state index contributed by atoms with van der Waals surface area (Å²) in [6.45, 7) is 3.24. The Kier molecular flexibility index (Phi) is 7.86. The Morgan fingerprint density at radius 2 is 1.96 bits per heavy atom. The first-order valence-electron chi connectivity index (χ1n) is 9.25. The first-order valence-corrected chi connectivity index (χ1v) is 9.25. The molecule has 24 heavy (non-hydrogen) atoms. The molecule has 1 aromatic rings. The van der Waals surface area contributed by atoms with Gasteiger partial charge in [0.1, 0.15) is 6.04 Å². The van der Waals surface area contributed by atoms with Crippen molar-refractivity contribution in [3.63, 3.8) is 0 Å². The predicted octanol–water partition coefficient (Wildman–Crippen LogP) is 4.18. The quantitative estimate of drug-likeness (QED) is 0.475. The molecule has 0 saturated carbocycles. The molecular weight excluding hydrogens is 306 g/mol. The molecule has 2 heterocycles. The van der Waals surface area contributed by atoms with Crippen LogP contribution < -0.4 is 0 Å². The van der Waals surface area contributed by atoms with Gasteiger partial charge < -0.3 is 14.1 Å². The van der Waals surface area contributed by atoms with E-state index >= 15 is 0 Å². The van der Waals surface area contributed by atoms with Gasteiger partial charge in [0.05, 0.1) is 12.9 Å². The molecule has 0 N–H and O–H groups in total. The van der Waals surface area contributed by atoms with Crippen molar-refractivity contribution in [1.82, 2.24) is 4.90 Å². The fourth-order valence-electron chi connectivity index (χ4n) is 3.12. The van der Waals surface area contributed by atoms with E-state index in [1.807, 2.05) is 0 Å². The van der Waals surface area contributed by atoms with Gasteiger partial charge in [0.25, 0.3) is 5.91 Å². The van der Waals surface area contributed by atoms with Crippen molar-refractivity contribution in [1.29, 1.82) is 0 Å². The van der Waals surface area contributed by atoms with Crippen molar-refractivity contribution in [3.05, 3.63) is 24.2 Å². The third kappa shape index (κ3) is 5.39. The van der Waals surface area contributed by atoms with E-state index in [0.717, 1.165) is 19.3 Å². The lowest BCUT2D eigenvalue weighted by atomic mass is 10.1. The van der Waals surface area contributed by atoms with Gasteiger partial charge in [-0.05, 0) is 31.4 Å². The number of amides is 1. The van der Waals surface area contributed by atoms with Crippen molar-refractivity contribution in [2.45, 2.75) is 70.8 Å². The predicted molar refractivity (Wildman–Crippen MR) is 91.7 cm³/mol. The van der Waals surface area contributed by atoms with Gasteiger partial charge in [-0.3, -0.25) is 4.79 Å². The Morgan fingerprint density at radius 1 is 1.21 bits per heavy atom. The van der Waals surface area contributed by atoms with Crippen LogP contribution in [0.4, 0.5) is 0 Å². The van der Waals surface area contributed by atoms with Gasteiger partial charge in [-0.1, -0.05) is 45.4 Å². The molecule has 5 heteroatoms. The molecule has 1 aliphatic rings. The normalized spacial score (nSPS) is 17.2. The molecule has 0 bridgehead atoms. The van der Waals surface area contributed by atoms with Crippen molar-refractivity contribution in [2.75, 3.05) is 13.2 Å². The number of hydrogen-bond donors (Lipinski definition) is 0. The van der Waals surface area contributed by atoms with Crippen LogP contribution in [0.15, 0.2) is 22.8 Å². The zero-order valence-corrected chi connectivity index (χ0v) is 14.7. The monoisotopic (exact) mass is 335 g/mol. The van der Waals surface area contributed by atoms with Crippen LogP contribution >= 0.6 is 0 Å². The largest absolute Gasteiger partial charge is 0.464 e. The van der Waals surface area contributed by atoms with E-state index in [2.05, 4.69) is 6.92 Å². The highest BCUT2D eigenvalue weighted by Crippen LogP contribution is 2.21. The third-order valence-electron chi connectivity index (χ3n) is 4.51. The number of likely N-dealkylation sites (tertiary alicyclic amines) is 1.